The third-order valence-corrected chi connectivity index (χ3v) is 7.18. The van der Waals surface area contributed by atoms with Gasteiger partial charge in [0.05, 0.1) is 50.6 Å². The summed E-state index contributed by atoms with van der Waals surface area (Å²) in [4.78, 5) is 33.1. The van der Waals surface area contributed by atoms with Crippen LogP contribution in [0.15, 0.2) is 101 Å². The number of anilines is 1. The van der Waals surface area contributed by atoms with Crippen LogP contribution in [0.5, 0.6) is 0 Å². The van der Waals surface area contributed by atoms with E-state index in [1.165, 1.54) is 17.0 Å². The van der Waals surface area contributed by atoms with Crippen LogP contribution in [0.25, 0.3) is 0 Å². The van der Waals surface area contributed by atoms with Gasteiger partial charge in [0.25, 0.3) is 11.8 Å². The van der Waals surface area contributed by atoms with Crippen molar-refractivity contribution in [2.45, 2.75) is 22.9 Å². The highest BCUT2D eigenvalue weighted by molar-refractivity contribution is 7.85. The zero-order chi connectivity index (χ0) is 24.4. The van der Waals surface area contributed by atoms with E-state index in [0.29, 0.717) is 37.9 Å². The van der Waals surface area contributed by atoms with Gasteiger partial charge in [0.2, 0.25) is 0 Å². The maximum Gasteiger partial charge on any atom is 0.259 e. The Hall–Kier alpha value is -4.17. The van der Waals surface area contributed by atoms with Gasteiger partial charge in [-0.3, -0.25) is 14.6 Å². The second-order valence-electron chi connectivity index (χ2n) is 7.97. The lowest BCUT2D eigenvalue weighted by molar-refractivity contribution is 0.0947. The number of nitrogens with zero attached hydrogens (tertiary/aromatic N) is 2. The molecular weight excluding hydrogens is 465 g/mol. The summed E-state index contributed by atoms with van der Waals surface area (Å²) in [5, 5.41) is 2.83. The van der Waals surface area contributed by atoms with E-state index in [9.17, 15) is 18.2 Å². The highest BCUT2D eigenvalue weighted by atomic mass is 32.2. The average molecular weight is 486 g/mol. The molecule has 1 atom stereocenters. The largest absolute Gasteiger partial charge is 0.346 e. The van der Waals surface area contributed by atoms with Crippen molar-refractivity contribution in [3.05, 3.63) is 119 Å². The summed E-state index contributed by atoms with van der Waals surface area (Å²) in [5.41, 5.74) is 2.42. The Kier molecular flexibility index (Phi) is 6.20. The molecule has 5 rings (SSSR count). The first-order valence-corrected chi connectivity index (χ1v) is 12.1. The molecule has 0 saturated heterocycles. The second kappa shape index (κ2) is 9.60. The van der Waals surface area contributed by atoms with E-state index in [-0.39, 0.29) is 30.7 Å². The monoisotopic (exact) mass is 485 g/mol. The lowest BCUT2D eigenvalue weighted by Gasteiger charge is -2.23. The summed E-state index contributed by atoms with van der Waals surface area (Å²) in [6.07, 6.45) is 1.65. The number of amides is 2. The summed E-state index contributed by atoms with van der Waals surface area (Å²) in [6.45, 7) is 0.364. The van der Waals surface area contributed by atoms with Gasteiger partial charge in [-0.1, -0.05) is 30.3 Å². The molecule has 2 amide bonds. The number of aromatic nitrogens is 1. The van der Waals surface area contributed by atoms with Gasteiger partial charge >= 0.3 is 0 Å². The van der Waals surface area contributed by atoms with Crippen LogP contribution in [0, 0.1) is 5.82 Å². The van der Waals surface area contributed by atoms with Crippen molar-refractivity contribution in [3.63, 3.8) is 0 Å². The van der Waals surface area contributed by atoms with Crippen LogP contribution >= 0.6 is 0 Å². The molecule has 0 saturated carbocycles. The molecule has 8 heteroatoms. The first-order valence-electron chi connectivity index (χ1n) is 10.9. The molecule has 1 aliphatic rings. The van der Waals surface area contributed by atoms with Crippen LogP contribution < -0.4 is 10.2 Å². The number of benzene rings is 3. The Morgan fingerprint density at radius 3 is 2.49 bits per heavy atom. The zero-order valence-electron chi connectivity index (χ0n) is 18.5. The number of pyridine rings is 1. The first kappa shape index (κ1) is 22.6. The molecule has 6 nitrogen and oxygen atoms in total. The number of carbonyl (C=O) groups excluding carboxylic acids is 2. The number of nitrogens with one attached hydrogen (secondary N) is 1. The molecule has 1 aromatic heterocycles. The standard InChI is InChI=1S/C27H20FN3O3S/c28-20-11-8-18(9-12-20)17-31-23-15-19(26(32)30-16-21-5-3-4-14-29-21)10-13-25(23)35(34)24-7-2-1-6-22(24)27(31)33/h1-15H,16-17H2,(H,30,32)/t35-/m0/s1. The number of rotatable bonds is 5. The number of halogens is 1. The van der Waals surface area contributed by atoms with E-state index in [4.69, 9.17) is 0 Å². The smallest absolute Gasteiger partial charge is 0.259 e. The Balaban J connectivity index is 1.54. The highest BCUT2D eigenvalue weighted by Gasteiger charge is 2.31. The SMILES string of the molecule is O=C(NCc1ccccn1)c1ccc2c(c1)N(Cc1ccc(F)cc1)C(=O)c1ccccc1[S@@]2=O. The van der Waals surface area contributed by atoms with Crippen molar-refractivity contribution in [1.29, 1.82) is 0 Å². The predicted molar refractivity (Wildman–Crippen MR) is 130 cm³/mol. The summed E-state index contributed by atoms with van der Waals surface area (Å²) in [7, 11) is -1.63. The fourth-order valence-corrected chi connectivity index (χ4v) is 5.25. The molecule has 0 aliphatic carbocycles. The number of hydrogen-bond donors (Lipinski definition) is 1. The van der Waals surface area contributed by atoms with Crippen LogP contribution in [0.3, 0.4) is 0 Å². The summed E-state index contributed by atoms with van der Waals surface area (Å²) >= 11 is 0. The molecule has 0 spiro atoms. The van der Waals surface area contributed by atoms with Crippen molar-refractivity contribution in [2.24, 2.45) is 0 Å². The Bertz CT molecular complexity index is 1440. The van der Waals surface area contributed by atoms with E-state index >= 15 is 0 Å². The lowest BCUT2D eigenvalue weighted by Crippen LogP contribution is -2.31. The topological polar surface area (TPSA) is 79.4 Å². The van der Waals surface area contributed by atoms with Crippen molar-refractivity contribution < 1.29 is 18.2 Å². The Morgan fingerprint density at radius 1 is 0.943 bits per heavy atom. The molecule has 3 aromatic carbocycles. The Labute approximate surface area is 203 Å². The van der Waals surface area contributed by atoms with Crippen LogP contribution in [0.1, 0.15) is 32.0 Å². The quantitative estimate of drug-likeness (QED) is 0.452. The summed E-state index contributed by atoms with van der Waals surface area (Å²) < 4.78 is 26.9. The summed E-state index contributed by atoms with van der Waals surface area (Å²) in [6, 6.07) is 22.8. The molecule has 35 heavy (non-hydrogen) atoms. The molecule has 1 aliphatic heterocycles. The minimum absolute atomic E-state index is 0.122. The molecule has 0 radical (unpaired) electrons. The van der Waals surface area contributed by atoms with Crippen LogP contribution in [-0.4, -0.2) is 21.0 Å². The van der Waals surface area contributed by atoms with Crippen molar-refractivity contribution in [2.75, 3.05) is 4.90 Å². The van der Waals surface area contributed by atoms with E-state index in [1.807, 2.05) is 6.07 Å². The third-order valence-electron chi connectivity index (χ3n) is 5.68. The normalized spacial score (nSPS) is 14.6. The Morgan fingerprint density at radius 2 is 1.71 bits per heavy atom. The molecule has 0 fully saturated rings. The van der Waals surface area contributed by atoms with Gasteiger partial charge in [0.15, 0.2) is 0 Å². The van der Waals surface area contributed by atoms with Gasteiger partial charge in [-0.05, 0) is 60.2 Å². The number of carbonyl (C=O) groups is 2. The van der Waals surface area contributed by atoms with Crippen LogP contribution in [-0.2, 0) is 23.9 Å². The van der Waals surface area contributed by atoms with Gasteiger partial charge in [-0.25, -0.2) is 8.60 Å². The van der Waals surface area contributed by atoms with E-state index < -0.39 is 10.8 Å². The predicted octanol–water partition coefficient (Wildman–Crippen LogP) is 4.48. The molecule has 1 N–H and O–H groups in total. The van der Waals surface area contributed by atoms with Crippen molar-refractivity contribution >= 4 is 28.3 Å². The second-order valence-corrected chi connectivity index (χ2v) is 9.39. The fourth-order valence-electron chi connectivity index (χ4n) is 3.91. The van der Waals surface area contributed by atoms with Crippen molar-refractivity contribution in [3.8, 4) is 0 Å². The minimum atomic E-state index is -1.63. The third kappa shape index (κ3) is 4.61. The molecule has 174 valence electrons. The molecule has 4 aromatic rings. The highest BCUT2D eigenvalue weighted by Crippen LogP contribution is 2.36. The molecule has 0 bridgehead atoms. The molecular formula is C27H20FN3O3S. The molecule has 0 unspecified atom stereocenters. The first-order chi connectivity index (χ1) is 17.0. The van der Waals surface area contributed by atoms with Gasteiger partial charge in [0.1, 0.15) is 5.82 Å². The lowest BCUT2D eigenvalue weighted by atomic mass is 10.1. The van der Waals surface area contributed by atoms with E-state index in [2.05, 4.69) is 10.3 Å². The van der Waals surface area contributed by atoms with Gasteiger partial charge < -0.3 is 10.2 Å². The fraction of sp³-hybridized carbons (Fsp3) is 0.0741. The number of hydrogen-bond acceptors (Lipinski definition) is 4. The van der Waals surface area contributed by atoms with Crippen LogP contribution in [0.4, 0.5) is 10.1 Å². The van der Waals surface area contributed by atoms with Gasteiger partial charge in [-0.15, -0.1) is 0 Å². The summed E-state index contributed by atoms with van der Waals surface area (Å²) in [5.74, 6) is -1.07. The van der Waals surface area contributed by atoms with Gasteiger partial charge in [-0.2, -0.15) is 0 Å². The van der Waals surface area contributed by atoms with Crippen LogP contribution in [0.2, 0.25) is 0 Å². The minimum Gasteiger partial charge on any atom is -0.346 e. The van der Waals surface area contributed by atoms with E-state index in [0.717, 1.165) is 0 Å². The zero-order valence-corrected chi connectivity index (χ0v) is 19.3. The molecule has 2 heterocycles. The van der Waals surface area contributed by atoms with E-state index in [1.54, 1.807) is 72.9 Å². The maximum absolute atomic E-state index is 13.6. The van der Waals surface area contributed by atoms with Crippen molar-refractivity contribution in [1.82, 2.24) is 10.3 Å². The average Bonchev–Trinajstić information content (AvgIpc) is 2.98. The maximum atomic E-state index is 13.6. The number of fused-ring (bicyclic) bond motifs is 2. The van der Waals surface area contributed by atoms with Gasteiger partial charge in [0, 0.05) is 11.8 Å².